The van der Waals surface area contributed by atoms with Crippen LogP contribution in [0.2, 0.25) is 0 Å². The van der Waals surface area contributed by atoms with Gasteiger partial charge in [0.1, 0.15) is 5.60 Å². The van der Waals surface area contributed by atoms with Crippen molar-refractivity contribution in [3.05, 3.63) is 28.7 Å². The van der Waals surface area contributed by atoms with Crippen LogP contribution in [0, 0.1) is 5.92 Å². The topological polar surface area (TPSA) is 41.6 Å². The number of rotatable bonds is 4. The van der Waals surface area contributed by atoms with E-state index < -0.39 is 5.60 Å². The summed E-state index contributed by atoms with van der Waals surface area (Å²) in [6.45, 7) is 8.23. The Morgan fingerprint density at radius 1 is 1.48 bits per heavy atom. The normalized spacial score (nSPS) is 16.4. The zero-order chi connectivity index (χ0) is 15.5. The smallest absolute Gasteiger partial charge is 0.407 e. The summed E-state index contributed by atoms with van der Waals surface area (Å²) in [5, 5.41) is 2.83. The van der Waals surface area contributed by atoms with Crippen LogP contribution in [0.15, 0.2) is 33.6 Å². The van der Waals surface area contributed by atoms with Gasteiger partial charge in [-0.15, -0.1) is 0 Å². The second-order valence-corrected chi connectivity index (χ2v) is 8.23. The second-order valence-electron chi connectivity index (χ2n) is 6.14. The highest BCUT2D eigenvalue weighted by Gasteiger charge is 2.28. The third-order valence-corrected chi connectivity index (χ3v) is 4.40. The molecule has 1 aliphatic heterocycles. The Kier molecular flexibility index (Phi) is 5.57. The molecule has 116 valence electrons. The van der Waals surface area contributed by atoms with Gasteiger partial charge in [-0.1, -0.05) is 22.0 Å². The van der Waals surface area contributed by atoms with Crippen molar-refractivity contribution in [3.63, 3.8) is 0 Å². The molecule has 0 bridgehead atoms. The molecule has 0 saturated carbocycles. The molecule has 1 aliphatic rings. The van der Waals surface area contributed by atoms with E-state index in [0.717, 1.165) is 17.6 Å². The summed E-state index contributed by atoms with van der Waals surface area (Å²) in [6.07, 6.45) is -0.333. The maximum absolute atomic E-state index is 11.6. The number of carbonyl (C=O) groups excluding carboxylic acids is 1. The molecule has 2 rings (SSSR count). The van der Waals surface area contributed by atoms with Gasteiger partial charge in [-0.05, 0) is 50.9 Å². The number of halogens is 1. The molecule has 0 spiro atoms. The minimum absolute atomic E-state index is 0.333. The first kappa shape index (κ1) is 16.6. The summed E-state index contributed by atoms with van der Waals surface area (Å²) < 4.78 is 8.61. The van der Waals surface area contributed by atoms with E-state index >= 15 is 0 Å². The number of hydrogen-bond acceptors (Lipinski definition) is 4. The van der Waals surface area contributed by atoms with Crippen LogP contribution in [-0.2, 0) is 4.74 Å². The van der Waals surface area contributed by atoms with Crippen LogP contribution in [0.4, 0.5) is 4.79 Å². The minimum atomic E-state index is -0.438. The predicted octanol–water partition coefficient (Wildman–Crippen LogP) is 3.91. The van der Waals surface area contributed by atoms with Gasteiger partial charge in [0.2, 0.25) is 0 Å². The van der Waals surface area contributed by atoms with E-state index in [4.69, 9.17) is 4.74 Å². The van der Waals surface area contributed by atoms with E-state index in [2.05, 4.69) is 37.7 Å². The minimum Gasteiger partial charge on any atom is -0.444 e. The highest BCUT2D eigenvalue weighted by atomic mass is 79.9. The van der Waals surface area contributed by atoms with Crippen LogP contribution in [0.3, 0.4) is 0 Å². The van der Waals surface area contributed by atoms with E-state index in [0.29, 0.717) is 12.5 Å². The van der Waals surface area contributed by atoms with Gasteiger partial charge >= 0.3 is 6.09 Å². The average Bonchev–Trinajstić information content (AvgIpc) is 2.29. The van der Waals surface area contributed by atoms with Crippen LogP contribution < -0.4 is 5.32 Å². The Hall–Kier alpha value is -0.720. The first-order chi connectivity index (χ1) is 9.82. The summed E-state index contributed by atoms with van der Waals surface area (Å²) in [5.74, 6) is 0.497. The zero-order valence-corrected chi connectivity index (χ0v) is 15.0. The molecule has 0 radical (unpaired) electrons. The first-order valence-corrected chi connectivity index (χ1v) is 8.54. The molecule has 4 nitrogen and oxygen atoms in total. The Balaban J connectivity index is 1.64. The Morgan fingerprint density at radius 2 is 2.19 bits per heavy atom. The molecule has 0 unspecified atom stereocenters. The van der Waals surface area contributed by atoms with Crippen LogP contribution >= 0.6 is 27.9 Å². The quantitative estimate of drug-likeness (QED) is 0.813. The molecule has 1 saturated heterocycles. The summed E-state index contributed by atoms with van der Waals surface area (Å²) in [4.78, 5) is 12.8. The lowest BCUT2D eigenvalue weighted by molar-refractivity contribution is 0.0504. The number of nitrogens with one attached hydrogen (secondary N) is 1. The summed E-state index contributed by atoms with van der Waals surface area (Å²) in [5.41, 5.74) is -0.438. The second kappa shape index (κ2) is 7.03. The van der Waals surface area contributed by atoms with Gasteiger partial charge in [0.15, 0.2) is 0 Å². The third-order valence-electron chi connectivity index (χ3n) is 2.89. The molecule has 1 fully saturated rings. The lowest BCUT2D eigenvalue weighted by Gasteiger charge is -2.38. The third kappa shape index (κ3) is 5.88. The number of hydrogen-bond donors (Lipinski definition) is 1. The van der Waals surface area contributed by atoms with Gasteiger partial charge in [0.05, 0.1) is 0 Å². The standard InChI is InChI=1S/C15H21BrN2O2S/c1-15(2,3)20-14(19)17-8-11-9-18(10-11)21-13-6-4-5-12(16)7-13/h4-7,11H,8-10H2,1-3H3,(H,17,19). The largest absolute Gasteiger partial charge is 0.444 e. The zero-order valence-electron chi connectivity index (χ0n) is 12.6. The summed E-state index contributed by atoms with van der Waals surface area (Å²) in [7, 11) is 0. The molecule has 1 aromatic rings. The van der Waals surface area contributed by atoms with Crippen LogP contribution in [0.1, 0.15) is 20.8 Å². The SMILES string of the molecule is CC(C)(C)OC(=O)NCC1CN(Sc2cccc(Br)c2)C1. The molecule has 0 aliphatic carbocycles. The molecule has 1 aromatic carbocycles. The molecule has 1 heterocycles. The maximum atomic E-state index is 11.6. The number of carbonyl (C=O) groups is 1. The maximum Gasteiger partial charge on any atom is 0.407 e. The lowest BCUT2D eigenvalue weighted by atomic mass is 10.0. The van der Waals surface area contributed by atoms with E-state index in [1.807, 2.05) is 32.9 Å². The van der Waals surface area contributed by atoms with Crippen molar-refractivity contribution in [2.75, 3.05) is 19.6 Å². The van der Waals surface area contributed by atoms with Crippen LogP contribution in [0.25, 0.3) is 0 Å². The fourth-order valence-corrected chi connectivity index (χ4v) is 3.68. The van der Waals surface area contributed by atoms with Gasteiger partial charge in [0, 0.05) is 34.9 Å². The highest BCUT2D eigenvalue weighted by Crippen LogP contribution is 2.31. The molecule has 0 atom stereocenters. The van der Waals surface area contributed by atoms with E-state index in [1.165, 1.54) is 4.90 Å². The van der Waals surface area contributed by atoms with Gasteiger partial charge in [-0.3, -0.25) is 0 Å². The van der Waals surface area contributed by atoms with Crippen LogP contribution in [-0.4, -0.2) is 35.6 Å². The molecular weight excluding hydrogens is 352 g/mol. The van der Waals surface area contributed by atoms with Crippen molar-refractivity contribution in [3.8, 4) is 0 Å². The number of amides is 1. The number of alkyl carbamates (subject to hydrolysis) is 1. The molecular formula is C15H21BrN2O2S. The van der Waals surface area contributed by atoms with Crippen molar-refractivity contribution in [2.24, 2.45) is 5.92 Å². The number of nitrogens with zero attached hydrogens (tertiary/aromatic N) is 1. The van der Waals surface area contributed by atoms with Crippen molar-refractivity contribution >= 4 is 34.0 Å². The molecule has 1 N–H and O–H groups in total. The van der Waals surface area contributed by atoms with Crippen LogP contribution in [0.5, 0.6) is 0 Å². The molecule has 0 aromatic heterocycles. The van der Waals surface area contributed by atoms with Gasteiger partial charge in [-0.25, -0.2) is 9.10 Å². The Labute approximate surface area is 138 Å². The van der Waals surface area contributed by atoms with Gasteiger partial charge < -0.3 is 10.1 Å². The Morgan fingerprint density at radius 3 is 2.81 bits per heavy atom. The van der Waals surface area contributed by atoms with E-state index in [-0.39, 0.29) is 6.09 Å². The fraction of sp³-hybridized carbons (Fsp3) is 0.533. The molecule has 1 amide bonds. The average molecular weight is 373 g/mol. The fourth-order valence-electron chi connectivity index (χ4n) is 1.94. The van der Waals surface area contributed by atoms with Gasteiger partial charge in [0.25, 0.3) is 0 Å². The van der Waals surface area contributed by atoms with Crippen molar-refractivity contribution in [1.29, 1.82) is 0 Å². The van der Waals surface area contributed by atoms with Gasteiger partial charge in [-0.2, -0.15) is 0 Å². The number of ether oxygens (including phenoxy) is 1. The van der Waals surface area contributed by atoms with Crippen molar-refractivity contribution < 1.29 is 9.53 Å². The molecule has 21 heavy (non-hydrogen) atoms. The van der Waals surface area contributed by atoms with E-state index in [1.54, 1.807) is 11.9 Å². The van der Waals surface area contributed by atoms with Crippen molar-refractivity contribution in [1.82, 2.24) is 9.62 Å². The highest BCUT2D eigenvalue weighted by molar-refractivity contribution is 9.10. The number of benzene rings is 1. The predicted molar refractivity (Wildman–Crippen MR) is 89.3 cm³/mol. The first-order valence-electron chi connectivity index (χ1n) is 6.97. The van der Waals surface area contributed by atoms with E-state index in [9.17, 15) is 4.79 Å². The van der Waals surface area contributed by atoms with Crippen molar-refractivity contribution in [2.45, 2.75) is 31.3 Å². The lowest BCUT2D eigenvalue weighted by Crippen LogP contribution is -2.48. The summed E-state index contributed by atoms with van der Waals surface area (Å²) in [6, 6.07) is 8.26. The molecule has 6 heteroatoms. The Bertz CT molecular complexity index is 499. The summed E-state index contributed by atoms with van der Waals surface area (Å²) >= 11 is 5.23. The monoisotopic (exact) mass is 372 g/mol.